The Labute approximate surface area is 96.2 Å². The van der Waals surface area contributed by atoms with Crippen molar-refractivity contribution in [1.82, 2.24) is 20.4 Å². The van der Waals surface area contributed by atoms with Crippen LogP contribution in [0, 0.1) is 6.92 Å². The molecule has 0 spiro atoms. The molecule has 0 aliphatic rings. The van der Waals surface area contributed by atoms with Gasteiger partial charge in [-0.2, -0.15) is 5.10 Å². The van der Waals surface area contributed by atoms with E-state index < -0.39 is 0 Å². The van der Waals surface area contributed by atoms with E-state index in [0.717, 1.165) is 11.3 Å². The predicted octanol–water partition coefficient (Wildman–Crippen LogP) is 0.515. The molecule has 2 N–H and O–H groups in total. The van der Waals surface area contributed by atoms with Gasteiger partial charge in [0.05, 0.1) is 12.2 Å². The largest absolute Gasteiger partial charge is 0.349 e. The smallest absolute Gasteiger partial charge is 0.221 e. The number of hydrogen-bond acceptors (Lipinski definition) is 3. The Hall–Kier alpha value is -1.36. The lowest BCUT2D eigenvalue weighted by Crippen LogP contribution is -2.29. The Bertz CT molecular complexity index is 359. The number of aromatic nitrogens is 2. The van der Waals surface area contributed by atoms with Crippen molar-refractivity contribution in [3.8, 4) is 0 Å². The van der Waals surface area contributed by atoms with Gasteiger partial charge in [-0.1, -0.05) is 0 Å². The molecule has 1 amide bonds. The van der Waals surface area contributed by atoms with Crippen molar-refractivity contribution in [1.29, 1.82) is 0 Å². The number of nitrogens with zero attached hydrogens (tertiary/aromatic N) is 2. The van der Waals surface area contributed by atoms with Gasteiger partial charge >= 0.3 is 0 Å². The van der Waals surface area contributed by atoms with E-state index in [0.29, 0.717) is 13.0 Å². The van der Waals surface area contributed by atoms with Crippen molar-refractivity contribution in [2.24, 2.45) is 7.05 Å². The minimum atomic E-state index is 0.0121. The van der Waals surface area contributed by atoms with Crippen LogP contribution < -0.4 is 10.6 Å². The fourth-order valence-electron chi connectivity index (χ4n) is 1.57. The van der Waals surface area contributed by atoms with Gasteiger partial charge in [-0.05, 0) is 20.9 Å². The van der Waals surface area contributed by atoms with Gasteiger partial charge in [0.1, 0.15) is 0 Å². The highest BCUT2D eigenvalue weighted by Crippen LogP contribution is 2.15. The Morgan fingerprint density at radius 1 is 1.62 bits per heavy atom. The maximum atomic E-state index is 11.5. The topological polar surface area (TPSA) is 59.0 Å². The third kappa shape index (κ3) is 3.06. The predicted molar refractivity (Wildman–Crippen MR) is 63.0 cm³/mol. The fourth-order valence-corrected chi connectivity index (χ4v) is 1.57. The zero-order chi connectivity index (χ0) is 12.1. The summed E-state index contributed by atoms with van der Waals surface area (Å²) in [6, 6.07) is 0.0121. The molecule has 0 radical (unpaired) electrons. The van der Waals surface area contributed by atoms with Gasteiger partial charge in [0.2, 0.25) is 5.91 Å². The average molecular weight is 224 g/mol. The van der Waals surface area contributed by atoms with E-state index in [1.54, 1.807) is 6.20 Å². The molecule has 5 nitrogen and oxygen atoms in total. The summed E-state index contributed by atoms with van der Waals surface area (Å²) in [4.78, 5) is 11.5. The number of aryl methyl sites for hydroxylation is 1. The van der Waals surface area contributed by atoms with E-state index in [1.165, 1.54) is 0 Å². The minimum absolute atomic E-state index is 0.0121. The molecular weight excluding hydrogens is 204 g/mol. The SMILES string of the molecule is CNCCC(=O)NC(C)c1cnn(C)c1C. The van der Waals surface area contributed by atoms with Gasteiger partial charge in [0.15, 0.2) is 0 Å². The Morgan fingerprint density at radius 2 is 2.31 bits per heavy atom. The van der Waals surface area contributed by atoms with Crippen LogP contribution in [0.4, 0.5) is 0 Å². The van der Waals surface area contributed by atoms with Crippen molar-refractivity contribution in [2.75, 3.05) is 13.6 Å². The van der Waals surface area contributed by atoms with Gasteiger partial charge in [0.25, 0.3) is 0 Å². The monoisotopic (exact) mass is 224 g/mol. The molecule has 0 aromatic carbocycles. The van der Waals surface area contributed by atoms with Crippen molar-refractivity contribution < 1.29 is 4.79 Å². The third-order valence-electron chi connectivity index (χ3n) is 2.72. The summed E-state index contributed by atoms with van der Waals surface area (Å²) in [5, 5.41) is 10.1. The summed E-state index contributed by atoms with van der Waals surface area (Å²) in [7, 11) is 3.73. The van der Waals surface area contributed by atoms with Crippen LogP contribution in [0.1, 0.15) is 30.6 Å². The van der Waals surface area contributed by atoms with Crippen LogP contribution in [-0.4, -0.2) is 29.3 Å². The number of carbonyl (C=O) groups is 1. The minimum Gasteiger partial charge on any atom is -0.349 e. The zero-order valence-electron chi connectivity index (χ0n) is 10.4. The van der Waals surface area contributed by atoms with Crippen LogP contribution in [0.2, 0.25) is 0 Å². The molecule has 0 fully saturated rings. The van der Waals surface area contributed by atoms with E-state index in [-0.39, 0.29) is 11.9 Å². The molecule has 90 valence electrons. The van der Waals surface area contributed by atoms with Crippen LogP contribution in [0.15, 0.2) is 6.20 Å². The quantitative estimate of drug-likeness (QED) is 0.766. The van der Waals surface area contributed by atoms with E-state index in [4.69, 9.17) is 0 Å². The molecule has 1 aromatic heterocycles. The summed E-state index contributed by atoms with van der Waals surface area (Å²) >= 11 is 0. The normalized spacial score (nSPS) is 12.5. The highest BCUT2D eigenvalue weighted by atomic mass is 16.1. The lowest BCUT2D eigenvalue weighted by Gasteiger charge is -2.13. The lowest BCUT2D eigenvalue weighted by molar-refractivity contribution is -0.121. The molecule has 1 heterocycles. The van der Waals surface area contributed by atoms with E-state index >= 15 is 0 Å². The van der Waals surface area contributed by atoms with Crippen LogP contribution >= 0.6 is 0 Å². The molecule has 0 aliphatic heterocycles. The van der Waals surface area contributed by atoms with Crippen molar-refractivity contribution in [3.05, 3.63) is 17.5 Å². The molecule has 1 unspecified atom stereocenters. The second-order valence-corrected chi connectivity index (χ2v) is 3.95. The molecule has 0 saturated heterocycles. The summed E-state index contributed by atoms with van der Waals surface area (Å²) in [5.41, 5.74) is 2.15. The maximum absolute atomic E-state index is 11.5. The first kappa shape index (κ1) is 12.7. The van der Waals surface area contributed by atoms with Gasteiger partial charge in [-0.25, -0.2) is 0 Å². The van der Waals surface area contributed by atoms with Gasteiger partial charge in [0, 0.05) is 31.3 Å². The Kier molecular flexibility index (Phi) is 4.49. The first-order valence-corrected chi connectivity index (χ1v) is 5.48. The second-order valence-electron chi connectivity index (χ2n) is 3.95. The molecule has 0 saturated carbocycles. The van der Waals surface area contributed by atoms with Crippen LogP contribution in [0.3, 0.4) is 0 Å². The lowest BCUT2D eigenvalue weighted by atomic mass is 10.1. The van der Waals surface area contributed by atoms with E-state index in [2.05, 4.69) is 15.7 Å². The molecule has 5 heteroatoms. The summed E-state index contributed by atoms with van der Waals surface area (Å²) in [6.45, 7) is 4.67. The van der Waals surface area contributed by atoms with E-state index in [9.17, 15) is 4.79 Å². The first-order chi connectivity index (χ1) is 7.56. The summed E-state index contributed by atoms with van der Waals surface area (Å²) in [6.07, 6.45) is 2.30. The number of carbonyl (C=O) groups excluding carboxylic acids is 1. The average Bonchev–Trinajstić information content (AvgIpc) is 2.57. The Morgan fingerprint density at radius 3 is 2.81 bits per heavy atom. The van der Waals surface area contributed by atoms with Crippen molar-refractivity contribution in [3.63, 3.8) is 0 Å². The van der Waals surface area contributed by atoms with Gasteiger partial charge in [-0.3, -0.25) is 9.48 Å². The van der Waals surface area contributed by atoms with Crippen molar-refractivity contribution >= 4 is 5.91 Å². The molecule has 16 heavy (non-hydrogen) atoms. The van der Waals surface area contributed by atoms with Gasteiger partial charge < -0.3 is 10.6 Å². The third-order valence-corrected chi connectivity index (χ3v) is 2.72. The molecule has 1 aromatic rings. The Balaban J connectivity index is 2.55. The first-order valence-electron chi connectivity index (χ1n) is 5.48. The standard InChI is InChI=1S/C11H20N4O/c1-8(14-11(16)5-6-12-3)10-7-13-15(4)9(10)2/h7-8,12H,5-6H2,1-4H3,(H,14,16). The molecule has 0 aliphatic carbocycles. The maximum Gasteiger partial charge on any atom is 0.221 e. The molecule has 0 bridgehead atoms. The number of amides is 1. The fraction of sp³-hybridized carbons (Fsp3) is 0.636. The summed E-state index contributed by atoms with van der Waals surface area (Å²) < 4.78 is 1.81. The van der Waals surface area contributed by atoms with Gasteiger partial charge in [-0.15, -0.1) is 0 Å². The molecule has 1 atom stereocenters. The van der Waals surface area contributed by atoms with Crippen LogP contribution in [0.25, 0.3) is 0 Å². The highest BCUT2D eigenvalue weighted by molar-refractivity contribution is 5.76. The zero-order valence-corrected chi connectivity index (χ0v) is 10.4. The number of nitrogens with one attached hydrogen (secondary N) is 2. The van der Waals surface area contributed by atoms with Crippen LogP contribution in [-0.2, 0) is 11.8 Å². The van der Waals surface area contributed by atoms with E-state index in [1.807, 2.05) is 32.6 Å². The second kappa shape index (κ2) is 5.65. The van der Waals surface area contributed by atoms with Crippen LogP contribution in [0.5, 0.6) is 0 Å². The molecule has 1 rings (SSSR count). The number of hydrogen-bond donors (Lipinski definition) is 2. The molecular formula is C11H20N4O. The van der Waals surface area contributed by atoms with Crippen molar-refractivity contribution in [2.45, 2.75) is 26.3 Å². The summed E-state index contributed by atoms with van der Waals surface area (Å²) in [5.74, 6) is 0.0603. The number of rotatable bonds is 5. The highest BCUT2D eigenvalue weighted by Gasteiger charge is 2.13.